The molecule has 1 aromatic heterocycles. The summed E-state index contributed by atoms with van der Waals surface area (Å²) in [7, 11) is 0. The van der Waals surface area contributed by atoms with Crippen molar-refractivity contribution < 1.29 is 18.7 Å². The summed E-state index contributed by atoms with van der Waals surface area (Å²) >= 11 is 5.67. The molecule has 172 valence electrons. The largest absolute Gasteiger partial charge is 0.484 e. The number of halogens is 2. The maximum absolute atomic E-state index is 13.6. The summed E-state index contributed by atoms with van der Waals surface area (Å²) in [6.45, 7) is 1.85. The first-order chi connectivity index (χ1) is 15.7. The van der Waals surface area contributed by atoms with Crippen LogP contribution in [-0.2, 0) is 4.79 Å². The zero-order valence-electron chi connectivity index (χ0n) is 18.2. The molecule has 0 radical (unpaired) electrons. The highest BCUT2D eigenvalue weighted by Gasteiger charge is 2.54. The molecule has 1 atom stereocenters. The second kappa shape index (κ2) is 8.99. The standard InChI is InChI=1S/C24H24ClFN4O3/c1-15-12-23(30-22(32)20-10-16(13-27)4-9-28-20)5-7-24(15,8-6-23)29-21(31)14-33-17-2-3-18(25)19(26)11-17/h2-4,9-11,15H,5-8,12,14H2,1H3,(H,29,31)(H,30,32). The van der Waals surface area contributed by atoms with Gasteiger partial charge in [-0.3, -0.25) is 14.6 Å². The SMILES string of the molecule is CC1CC2(NC(=O)c3cc(C#N)ccn3)CCC1(NC(=O)COc1ccc(Cl)c(F)c1)CC2. The summed E-state index contributed by atoms with van der Waals surface area (Å²) in [4.78, 5) is 29.5. The van der Waals surface area contributed by atoms with Crippen LogP contribution in [0.2, 0.25) is 5.02 Å². The highest BCUT2D eigenvalue weighted by molar-refractivity contribution is 6.30. The van der Waals surface area contributed by atoms with E-state index >= 15 is 0 Å². The van der Waals surface area contributed by atoms with Gasteiger partial charge in [0.25, 0.3) is 11.8 Å². The molecule has 7 nitrogen and oxygen atoms in total. The molecule has 1 heterocycles. The van der Waals surface area contributed by atoms with Crippen molar-refractivity contribution in [1.82, 2.24) is 15.6 Å². The number of ether oxygens (including phenoxy) is 1. The van der Waals surface area contributed by atoms with E-state index in [1.807, 2.05) is 6.07 Å². The number of hydrogen-bond donors (Lipinski definition) is 2. The van der Waals surface area contributed by atoms with E-state index in [4.69, 9.17) is 21.6 Å². The van der Waals surface area contributed by atoms with Gasteiger partial charge in [-0.2, -0.15) is 5.26 Å². The summed E-state index contributed by atoms with van der Waals surface area (Å²) in [5, 5.41) is 15.3. The topological polar surface area (TPSA) is 104 Å². The van der Waals surface area contributed by atoms with E-state index in [0.29, 0.717) is 5.56 Å². The Morgan fingerprint density at radius 1 is 1.24 bits per heavy atom. The van der Waals surface area contributed by atoms with Crippen LogP contribution in [0.25, 0.3) is 0 Å². The van der Waals surface area contributed by atoms with Crippen LogP contribution in [0.15, 0.2) is 36.5 Å². The predicted molar refractivity (Wildman–Crippen MR) is 119 cm³/mol. The van der Waals surface area contributed by atoms with E-state index in [-0.39, 0.29) is 51.9 Å². The van der Waals surface area contributed by atoms with Gasteiger partial charge in [0, 0.05) is 23.3 Å². The number of hydrogen-bond acceptors (Lipinski definition) is 5. The van der Waals surface area contributed by atoms with Crippen LogP contribution < -0.4 is 15.4 Å². The van der Waals surface area contributed by atoms with Crippen LogP contribution in [0.1, 0.15) is 55.1 Å². The molecule has 33 heavy (non-hydrogen) atoms. The van der Waals surface area contributed by atoms with Gasteiger partial charge in [0.05, 0.1) is 16.7 Å². The predicted octanol–water partition coefficient (Wildman–Crippen LogP) is 3.76. The molecule has 1 aromatic carbocycles. The van der Waals surface area contributed by atoms with Crippen molar-refractivity contribution in [2.75, 3.05) is 6.61 Å². The Labute approximate surface area is 196 Å². The number of nitriles is 1. The van der Waals surface area contributed by atoms with Crippen molar-refractivity contribution in [3.8, 4) is 11.8 Å². The maximum atomic E-state index is 13.6. The van der Waals surface area contributed by atoms with E-state index < -0.39 is 5.82 Å². The number of nitrogens with one attached hydrogen (secondary N) is 2. The molecule has 0 aliphatic heterocycles. The highest BCUT2D eigenvalue weighted by atomic mass is 35.5. The summed E-state index contributed by atoms with van der Waals surface area (Å²) in [6, 6.07) is 9.10. The van der Waals surface area contributed by atoms with E-state index in [0.717, 1.165) is 38.2 Å². The second-order valence-electron chi connectivity index (χ2n) is 8.95. The fourth-order valence-corrected chi connectivity index (χ4v) is 5.15. The number of amides is 2. The number of rotatable bonds is 6. The number of nitrogens with zero attached hydrogens (tertiary/aromatic N) is 2. The van der Waals surface area contributed by atoms with E-state index in [1.165, 1.54) is 24.4 Å². The number of aromatic nitrogens is 1. The van der Waals surface area contributed by atoms with E-state index in [9.17, 15) is 14.0 Å². The molecule has 3 aliphatic rings. The van der Waals surface area contributed by atoms with Gasteiger partial charge in [0.1, 0.15) is 17.3 Å². The number of pyridine rings is 1. The third-order valence-corrected chi connectivity index (χ3v) is 7.20. The third kappa shape index (κ3) is 4.79. The number of fused-ring (bicyclic) bond motifs is 3. The van der Waals surface area contributed by atoms with Crippen LogP contribution >= 0.6 is 11.6 Å². The molecular formula is C24H24ClFN4O3. The molecule has 0 saturated heterocycles. The van der Waals surface area contributed by atoms with Crippen LogP contribution in [0.4, 0.5) is 4.39 Å². The summed E-state index contributed by atoms with van der Waals surface area (Å²) in [5.74, 6) is -0.792. The Bertz CT molecular complexity index is 1120. The molecule has 2 amide bonds. The van der Waals surface area contributed by atoms with Crippen molar-refractivity contribution in [1.29, 1.82) is 5.26 Å². The maximum Gasteiger partial charge on any atom is 0.270 e. The lowest BCUT2D eigenvalue weighted by Crippen LogP contribution is -2.67. The molecule has 3 fully saturated rings. The van der Waals surface area contributed by atoms with Crippen LogP contribution in [0, 0.1) is 23.1 Å². The summed E-state index contributed by atoms with van der Waals surface area (Å²) in [6.07, 6.45) is 5.08. The lowest BCUT2D eigenvalue weighted by atomic mass is 9.56. The lowest BCUT2D eigenvalue weighted by Gasteiger charge is -2.57. The first kappa shape index (κ1) is 23.0. The van der Waals surface area contributed by atoms with Crippen molar-refractivity contribution in [2.45, 2.75) is 50.1 Å². The molecular weight excluding hydrogens is 447 g/mol. The van der Waals surface area contributed by atoms with Gasteiger partial charge in [-0.15, -0.1) is 0 Å². The van der Waals surface area contributed by atoms with Gasteiger partial charge in [0.2, 0.25) is 0 Å². The molecule has 3 aliphatic carbocycles. The lowest BCUT2D eigenvalue weighted by molar-refractivity contribution is -0.128. The summed E-state index contributed by atoms with van der Waals surface area (Å²) < 4.78 is 19.0. The number of carbonyl (C=O) groups is 2. The molecule has 3 saturated carbocycles. The Balaban J connectivity index is 1.35. The minimum atomic E-state index is -0.603. The fourth-order valence-electron chi connectivity index (χ4n) is 5.04. The average molecular weight is 471 g/mol. The monoisotopic (exact) mass is 470 g/mol. The molecule has 2 bridgehead atoms. The van der Waals surface area contributed by atoms with Crippen LogP contribution in [-0.4, -0.2) is 34.5 Å². The molecule has 0 spiro atoms. The second-order valence-corrected chi connectivity index (χ2v) is 9.36. The Morgan fingerprint density at radius 2 is 2.00 bits per heavy atom. The van der Waals surface area contributed by atoms with Crippen molar-refractivity contribution in [2.24, 2.45) is 5.92 Å². The first-order valence-electron chi connectivity index (χ1n) is 10.8. The molecule has 2 aromatic rings. The van der Waals surface area contributed by atoms with Crippen LogP contribution in [0.3, 0.4) is 0 Å². The van der Waals surface area contributed by atoms with Gasteiger partial charge < -0.3 is 15.4 Å². The Kier molecular flexibility index (Phi) is 6.26. The van der Waals surface area contributed by atoms with Crippen molar-refractivity contribution >= 4 is 23.4 Å². The third-order valence-electron chi connectivity index (χ3n) is 6.89. The molecule has 2 N–H and O–H groups in total. The van der Waals surface area contributed by atoms with E-state index in [1.54, 1.807) is 6.07 Å². The van der Waals surface area contributed by atoms with Crippen molar-refractivity contribution in [3.63, 3.8) is 0 Å². The quantitative estimate of drug-likeness (QED) is 0.668. The van der Waals surface area contributed by atoms with Gasteiger partial charge in [-0.25, -0.2) is 4.39 Å². The van der Waals surface area contributed by atoms with Gasteiger partial charge in [-0.1, -0.05) is 18.5 Å². The average Bonchev–Trinajstić information content (AvgIpc) is 2.81. The fraction of sp³-hybridized carbons (Fsp3) is 0.417. The van der Waals surface area contributed by atoms with Gasteiger partial charge in [-0.05, 0) is 62.3 Å². The normalized spacial score (nSPS) is 25.7. The Hall–Kier alpha value is -3.18. The van der Waals surface area contributed by atoms with E-state index in [2.05, 4.69) is 22.5 Å². The number of benzene rings is 1. The minimum Gasteiger partial charge on any atom is -0.484 e. The first-order valence-corrected chi connectivity index (χ1v) is 11.2. The van der Waals surface area contributed by atoms with Crippen molar-refractivity contribution in [3.05, 3.63) is 58.6 Å². The van der Waals surface area contributed by atoms with Crippen LogP contribution in [0.5, 0.6) is 5.75 Å². The summed E-state index contributed by atoms with van der Waals surface area (Å²) in [5.41, 5.74) is -0.108. The zero-order chi connectivity index (χ0) is 23.6. The molecule has 9 heteroatoms. The minimum absolute atomic E-state index is 0.00643. The smallest absolute Gasteiger partial charge is 0.270 e. The Morgan fingerprint density at radius 3 is 2.67 bits per heavy atom. The van der Waals surface area contributed by atoms with Gasteiger partial charge >= 0.3 is 0 Å². The number of carbonyl (C=O) groups excluding carboxylic acids is 2. The zero-order valence-corrected chi connectivity index (χ0v) is 18.9. The molecule has 1 unspecified atom stereocenters. The highest BCUT2D eigenvalue weighted by Crippen LogP contribution is 2.50. The van der Waals surface area contributed by atoms with Gasteiger partial charge in [0.15, 0.2) is 6.61 Å². The molecule has 5 rings (SSSR count).